The number of carbonyl (C=O) groups is 1. The van der Waals surface area contributed by atoms with E-state index in [0.717, 1.165) is 19.3 Å². The molecule has 0 radical (unpaired) electrons. The molecule has 3 nitrogen and oxygen atoms in total. The van der Waals surface area contributed by atoms with Gasteiger partial charge in [-0.3, -0.25) is 4.79 Å². The molecule has 0 saturated carbocycles. The van der Waals surface area contributed by atoms with E-state index < -0.39 is 5.60 Å². The first kappa shape index (κ1) is 16.7. The van der Waals surface area contributed by atoms with Gasteiger partial charge in [0.25, 0.3) is 0 Å². The van der Waals surface area contributed by atoms with Crippen molar-refractivity contribution < 1.29 is 9.53 Å². The predicted molar refractivity (Wildman–Crippen MR) is 82.6 cm³/mol. The van der Waals surface area contributed by atoms with Crippen molar-refractivity contribution in [1.82, 2.24) is 0 Å². The van der Waals surface area contributed by atoms with Crippen LogP contribution in [0.4, 0.5) is 0 Å². The SMILES string of the molecule is CC(C)(C)OC(=O)CC(CCCCN)c1ccccc1. The Morgan fingerprint density at radius 2 is 1.85 bits per heavy atom. The number of hydrogen-bond acceptors (Lipinski definition) is 3. The first-order valence-electron chi connectivity index (χ1n) is 7.39. The molecule has 0 saturated heterocycles. The highest BCUT2D eigenvalue weighted by molar-refractivity contribution is 5.71. The minimum Gasteiger partial charge on any atom is -0.460 e. The summed E-state index contributed by atoms with van der Waals surface area (Å²) in [6, 6.07) is 10.2. The van der Waals surface area contributed by atoms with Gasteiger partial charge in [0.05, 0.1) is 6.42 Å². The zero-order valence-electron chi connectivity index (χ0n) is 12.9. The molecule has 0 aliphatic carbocycles. The Kier molecular flexibility index (Phi) is 6.73. The topological polar surface area (TPSA) is 52.3 Å². The van der Waals surface area contributed by atoms with Crippen molar-refractivity contribution >= 4 is 5.97 Å². The molecule has 0 heterocycles. The van der Waals surface area contributed by atoms with Crippen LogP contribution in [-0.4, -0.2) is 18.1 Å². The van der Waals surface area contributed by atoms with Crippen LogP contribution in [0.3, 0.4) is 0 Å². The Hall–Kier alpha value is -1.35. The standard InChI is InChI=1S/C17H27NO2/c1-17(2,3)20-16(19)13-15(11-7-8-12-18)14-9-5-4-6-10-14/h4-6,9-10,15H,7-8,11-13,18H2,1-3H3. The summed E-state index contributed by atoms with van der Waals surface area (Å²) in [6.45, 7) is 6.40. The van der Waals surface area contributed by atoms with Crippen molar-refractivity contribution in [3.05, 3.63) is 35.9 Å². The van der Waals surface area contributed by atoms with E-state index >= 15 is 0 Å². The fourth-order valence-corrected chi connectivity index (χ4v) is 2.23. The highest BCUT2D eigenvalue weighted by Crippen LogP contribution is 2.26. The highest BCUT2D eigenvalue weighted by Gasteiger charge is 2.21. The first-order valence-corrected chi connectivity index (χ1v) is 7.39. The second kappa shape index (κ2) is 8.05. The zero-order valence-corrected chi connectivity index (χ0v) is 12.9. The molecule has 0 fully saturated rings. The minimum absolute atomic E-state index is 0.126. The Morgan fingerprint density at radius 3 is 2.40 bits per heavy atom. The van der Waals surface area contributed by atoms with Crippen LogP contribution >= 0.6 is 0 Å². The van der Waals surface area contributed by atoms with Crippen molar-refractivity contribution in [2.75, 3.05) is 6.54 Å². The summed E-state index contributed by atoms with van der Waals surface area (Å²) in [5.41, 5.74) is 6.33. The van der Waals surface area contributed by atoms with Crippen LogP contribution in [0, 0.1) is 0 Å². The van der Waals surface area contributed by atoms with Crippen LogP contribution in [0.5, 0.6) is 0 Å². The predicted octanol–water partition coefficient (Wildman–Crippen LogP) is 3.63. The average Bonchev–Trinajstić information content (AvgIpc) is 2.37. The molecule has 1 aromatic rings. The molecule has 1 atom stereocenters. The van der Waals surface area contributed by atoms with E-state index in [9.17, 15) is 4.79 Å². The molecule has 1 unspecified atom stereocenters. The van der Waals surface area contributed by atoms with Gasteiger partial charge in [0, 0.05) is 0 Å². The van der Waals surface area contributed by atoms with Crippen LogP contribution in [0.25, 0.3) is 0 Å². The number of hydrogen-bond donors (Lipinski definition) is 1. The molecule has 0 amide bonds. The van der Waals surface area contributed by atoms with Crippen LogP contribution in [-0.2, 0) is 9.53 Å². The maximum absolute atomic E-state index is 12.0. The minimum atomic E-state index is -0.421. The van der Waals surface area contributed by atoms with Crippen LogP contribution in [0.2, 0.25) is 0 Å². The summed E-state index contributed by atoms with van der Waals surface area (Å²) in [5.74, 6) is 0.0942. The molecule has 1 aromatic carbocycles. The van der Waals surface area contributed by atoms with Crippen molar-refractivity contribution in [3.63, 3.8) is 0 Å². The third kappa shape index (κ3) is 6.71. The lowest BCUT2D eigenvalue weighted by Gasteiger charge is -2.22. The van der Waals surface area contributed by atoms with Crippen LogP contribution in [0.15, 0.2) is 30.3 Å². The van der Waals surface area contributed by atoms with E-state index in [-0.39, 0.29) is 11.9 Å². The molecule has 1 rings (SSSR count). The lowest BCUT2D eigenvalue weighted by molar-refractivity contribution is -0.155. The molecular weight excluding hydrogens is 250 g/mol. The van der Waals surface area contributed by atoms with E-state index in [1.54, 1.807) is 0 Å². The summed E-state index contributed by atoms with van der Waals surface area (Å²) < 4.78 is 5.43. The van der Waals surface area contributed by atoms with Crippen molar-refractivity contribution in [1.29, 1.82) is 0 Å². The van der Waals surface area contributed by atoms with E-state index in [1.165, 1.54) is 5.56 Å². The number of rotatable bonds is 7. The summed E-state index contributed by atoms with van der Waals surface area (Å²) in [6.07, 6.45) is 3.45. The normalized spacial score (nSPS) is 13.0. The van der Waals surface area contributed by atoms with E-state index in [2.05, 4.69) is 12.1 Å². The van der Waals surface area contributed by atoms with Crippen molar-refractivity contribution in [3.8, 4) is 0 Å². The van der Waals surface area contributed by atoms with E-state index in [1.807, 2.05) is 39.0 Å². The second-order valence-electron chi connectivity index (χ2n) is 6.18. The third-order valence-corrected chi connectivity index (χ3v) is 3.11. The first-order chi connectivity index (χ1) is 9.42. The molecule has 0 aromatic heterocycles. The van der Waals surface area contributed by atoms with E-state index in [0.29, 0.717) is 13.0 Å². The Morgan fingerprint density at radius 1 is 1.20 bits per heavy atom. The van der Waals surface area contributed by atoms with Crippen molar-refractivity contribution in [2.24, 2.45) is 5.73 Å². The van der Waals surface area contributed by atoms with Crippen molar-refractivity contribution in [2.45, 2.75) is 58.0 Å². The molecule has 0 aliphatic rings. The smallest absolute Gasteiger partial charge is 0.306 e. The number of ether oxygens (including phenoxy) is 1. The molecule has 0 spiro atoms. The van der Waals surface area contributed by atoms with Gasteiger partial charge in [0.2, 0.25) is 0 Å². The molecule has 0 aliphatic heterocycles. The Balaban J connectivity index is 2.65. The summed E-state index contributed by atoms with van der Waals surface area (Å²) in [5, 5.41) is 0. The van der Waals surface area contributed by atoms with Gasteiger partial charge in [-0.2, -0.15) is 0 Å². The number of benzene rings is 1. The lowest BCUT2D eigenvalue weighted by atomic mass is 9.90. The summed E-state index contributed by atoms with van der Waals surface area (Å²) in [4.78, 5) is 12.0. The Labute approximate surface area is 122 Å². The third-order valence-electron chi connectivity index (χ3n) is 3.11. The second-order valence-corrected chi connectivity index (χ2v) is 6.18. The van der Waals surface area contributed by atoms with Gasteiger partial charge >= 0.3 is 5.97 Å². The van der Waals surface area contributed by atoms with Crippen LogP contribution in [0.1, 0.15) is 57.9 Å². The van der Waals surface area contributed by atoms with Gasteiger partial charge in [-0.05, 0) is 51.6 Å². The highest BCUT2D eigenvalue weighted by atomic mass is 16.6. The quantitative estimate of drug-likeness (QED) is 0.611. The maximum Gasteiger partial charge on any atom is 0.306 e. The van der Waals surface area contributed by atoms with Crippen LogP contribution < -0.4 is 5.73 Å². The fourth-order valence-electron chi connectivity index (χ4n) is 2.23. The lowest BCUT2D eigenvalue weighted by Crippen LogP contribution is -2.25. The van der Waals surface area contributed by atoms with Gasteiger partial charge in [-0.1, -0.05) is 36.8 Å². The van der Waals surface area contributed by atoms with Gasteiger partial charge in [-0.15, -0.1) is 0 Å². The molecule has 2 N–H and O–H groups in total. The molecule has 0 bridgehead atoms. The number of nitrogens with two attached hydrogens (primary N) is 1. The van der Waals surface area contributed by atoms with E-state index in [4.69, 9.17) is 10.5 Å². The molecule has 20 heavy (non-hydrogen) atoms. The molecular formula is C17H27NO2. The average molecular weight is 277 g/mol. The van der Waals surface area contributed by atoms with Gasteiger partial charge < -0.3 is 10.5 Å². The number of esters is 1. The Bertz CT molecular complexity index is 395. The molecule has 3 heteroatoms. The molecule has 112 valence electrons. The summed E-state index contributed by atoms with van der Waals surface area (Å²) >= 11 is 0. The zero-order chi connectivity index (χ0) is 15.0. The summed E-state index contributed by atoms with van der Waals surface area (Å²) in [7, 11) is 0. The number of carbonyl (C=O) groups excluding carboxylic acids is 1. The monoisotopic (exact) mass is 277 g/mol. The van der Waals surface area contributed by atoms with Gasteiger partial charge in [0.15, 0.2) is 0 Å². The van der Waals surface area contributed by atoms with Gasteiger partial charge in [0.1, 0.15) is 5.60 Å². The van der Waals surface area contributed by atoms with Gasteiger partial charge in [-0.25, -0.2) is 0 Å². The number of unbranched alkanes of at least 4 members (excludes halogenated alkanes) is 1. The maximum atomic E-state index is 12.0. The fraction of sp³-hybridized carbons (Fsp3) is 0.588. The largest absolute Gasteiger partial charge is 0.460 e.